The summed E-state index contributed by atoms with van der Waals surface area (Å²) in [7, 11) is 0. The summed E-state index contributed by atoms with van der Waals surface area (Å²) in [4.78, 5) is 12.2. The number of anilines is 1. The van der Waals surface area contributed by atoms with Crippen molar-refractivity contribution in [2.45, 2.75) is 6.42 Å². The molecule has 2 aromatic rings. The number of benzene rings is 1. The Bertz CT molecular complexity index is 560. The normalized spacial score (nSPS) is 13.3. The van der Waals surface area contributed by atoms with Gasteiger partial charge < -0.3 is 14.5 Å². The molecule has 3 rings (SSSR count). The lowest BCUT2D eigenvalue weighted by atomic mass is 10.0. The highest BCUT2D eigenvalue weighted by atomic mass is 16.5. The number of fused-ring (bicyclic) bond motifs is 1. The van der Waals surface area contributed by atoms with Gasteiger partial charge in [-0.3, -0.25) is 4.79 Å². The number of carbonyl (C=O) groups is 1. The second-order valence-electron chi connectivity index (χ2n) is 4.14. The van der Waals surface area contributed by atoms with Crippen LogP contribution in [0.5, 0.6) is 5.75 Å². The number of ketones is 1. The molecule has 18 heavy (non-hydrogen) atoms. The van der Waals surface area contributed by atoms with Gasteiger partial charge in [0.15, 0.2) is 11.5 Å². The van der Waals surface area contributed by atoms with Crippen molar-refractivity contribution in [1.29, 1.82) is 0 Å². The molecule has 1 aliphatic rings. The fraction of sp³-hybridized carbons (Fsp3) is 0.214. The molecule has 0 unspecified atom stereocenters. The molecular weight excluding hydrogens is 230 g/mol. The average Bonchev–Trinajstić information content (AvgIpc) is 2.91. The molecule has 0 spiro atoms. The maximum absolute atomic E-state index is 12.2. The zero-order valence-corrected chi connectivity index (χ0v) is 9.81. The average molecular weight is 243 g/mol. The number of ether oxygens (including phenoxy) is 1. The second-order valence-corrected chi connectivity index (χ2v) is 4.14. The van der Waals surface area contributed by atoms with Gasteiger partial charge >= 0.3 is 0 Å². The molecule has 4 nitrogen and oxygen atoms in total. The summed E-state index contributed by atoms with van der Waals surface area (Å²) < 4.78 is 10.8. The smallest absolute Gasteiger partial charge is 0.174 e. The van der Waals surface area contributed by atoms with Gasteiger partial charge in [-0.15, -0.1) is 0 Å². The van der Waals surface area contributed by atoms with Crippen LogP contribution in [-0.4, -0.2) is 18.9 Å². The van der Waals surface area contributed by atoms with Gasteiger partial charge in [0.2, 0.25) is 0 Å². The molecule has 4 heteroatoms. The van der Waals surface area contributed by atoms with Crippen LogP contribution in [0.1, 0.15) is 16.1 Å². The predicted molar refractivity (Wildman–Crippen MR) is 67.2 cm³/mol. The largest absolute Gasteiger partial charge is 0.489 e. The van der Waals surface area contributed by atoms with Crippen LogP contribution in [0, 0.1) is 0 Å². The van der Waals surface area contributed by atoms with E-state index in [4.69, 9.17) is 9.15 Å². The Morgan fingerprint density at radius 2 is 2.22 bits per heavy atom. The minimum Gasteiger partial charge on any atom is -0.489 e. The van der Waals surface area contributed by atoms with Gasteiger partial charge in [-0.1, -0.05) is 6.07 Å². The third-order valence-electron chi connectivity index (χ3n) is 2.89. The number of Topliss-reactive ketones (excluding diaryl/α,β-unsaturated/α-hetero) is 1. The minimum atomic E-state index is 0.00509. The Morgan fingerprint density at radius 1 is 1.28 bits per heavy atom. The summed E-state index contributed by atoms with van der Waals surface area (Å²) >= 11 is 0. The van der Waals surface area contributed by atoms with Crippen LogP contribution < -0.4 is 10.1 Å². The van der Waals surface area contributed by atoms with Gasteiger partial charge in [-0.05, 0) is 24.3 Å². The minimum absolute atomic E-state index is 0.00509. The van der Waals surface area contributed by atoms with Crippen molar-refractivity contribution in [2.75, 3.05) is 18.5 Å². The summed E-state index contributed by atoms with van der Waals surface area (Å²) in [5, 5.41) is 3.22. The highest BCUT2D eigenvalue weighted by molar-refractivity contribution is 6.01. The molecule has 0 bridgehead atoms. The summed E-state index contributed by atoms with van der Waals surface area (Å²) in [6.07, 6.45) is 1.83. The van der Waals surface area contributed by atoms with E-state index in [0.717, 1.165) is 12.2 Å². The van der Waals surface area contributed by atoms with Gasteiger partial charge in [0, 0.05) is 6.54 Å². The van der Waals surface area contributed by atoms with Crippen LogP contribution in [0.4, 0.5) is 5.69 Å². The van der Waals surface area contributed by atoms with E-state index in [1.807, 2.05) is 12.1 Å². The third kappa shape index (κ3) is 1.97. The van der Waals surface area contributed by atoms with Crippen molar-refractivity contribution in [2.24, 2.45) is 0 Å². The Morgan fingerprint density at radius 3 is 3.06 bits per heavy atom. The van der Waals surface area contributed by atoms with Gasteiger partial charge in [0.1, 0.15) is 12.4 Å². The molecule has 0 atom stereocenters. The van der Waals surface area contributed by atoms with E-state index in [2.05, 4.69) is 5.32 Å². The number of hydrogen-bond donors (Lipinski definition) is 1. The summed E-state index contributed by atoms with van der Waals surface area (Å²) in [6, 6.07) is 9.14. The first-order valence-electron chi connectivity index (χ1n) is 5.90. The van der Waals surface area contributed by atoms with Crippen molar-refractivity contribution >= 4 is 11.5 Å². The van der Waals surface area contributed by atoms with Crippen LogP contribution >= 0.6 is 0 Å². The van der Waals surface area contributed by atoms with E-state index in [1.54, 1.807) is 24.5 Å². The van der Waals surface area contributed by atoms with E-state index in [9.17, 15) is 4.79 Å². The van der Waals surface area contributed by atoms with Gasteiger partial charge in [0.05, 0.1) is 23.9 Å². The number of furan rings is 1. The Hall–Kier alpha value is -2.23. The van der Waals surface area contributed by atoms with Crippen LogP contribution in [-0.2, 0) is 6.42 Å². The third-order valence-corrected chi connectivity index (χ3v) is 2.89. The fourth-order valence-electron chi connectivity index (χ4n) is 2.06. The number of hydrogen-bond acceptors (Lipinski definition) is 4. The van der Waals surface area contributed by atoms with Gasteiger partial charge in [-0.2, -0.15) is 0 Å². The maximum atomic E-state index is 12.2. The van der Waals surface area contributed by atoms with Crippen molar-refractivity contribution < 1.29 is 13.9 Å². The maximum Gasteiger partial charge on any atom is 0.174 e. The van der Waals surface area contributed by atoms with E-state index >= 15 is 0 Å². The Labute approximate surface area is 105 Å². The summed E-state index contributed by atoms with van der Waals surface area (Å²) in [6.45, 7) is 1.35. The van der Waals surface area contributed by atoms with Crippen molar-refractivity contribution in [3.8, 4) is 5.75 Å². The standard InChI is InChI=1S/C14H13NO3/c16-13(9-10-3-2-7-17-10)11-4-1-5-12-14(11)18-8-6-15-12/h1-5,7,15H,6,8-9H2. The molecule has 0 fully saturated rings. The Balaban J connectivity index is 1.89. The molecule has 0 radical (unpaired) electrons. The van der Waals surface area contributed by atoms with E-state index in [1.165, 1.54) is 0 Å². The van der Waals surface area contributed by atoms with E-state index in [0.29, 0.717) is 23.7 Å². The van der Waals surface area contributed by atoms with Crippen LogP contribution in [0.15, 0.2) is 41.0 Å². The first-order valence-corrected chi connectivity index (χ1v) is 5.90. The first-order chi connectivity index (χ1) is 8.84. The van der Waals surface area contributed by atoms with E-state index in [-0.39, 0.29) is 12.2 Å². The van der Waals surface area contributed by atoms with Gasteiger partial charge in [0.25, 0.3) is 0 Å². The molecule has 1 aromatic carbocycles. The number of para-hydroxylation sites is 1. The topological polar surface area (TPSA) is 51.5 Å². The lowest BCUT2D eigenvalue weighted by molar-refractivity contribution is 0.0983. The lowest BCUT2D eigenvalue weighted by Gasteiger charge is -2.21. The quantitative estimate of drug-likeness (QED) is 0.841. The zero-order valence-electron chi connectivity index (χ0n) is 9.81. The molecule has 1 N–H and O–H groups in total. The van der Waals surface area contributed by atoms with E-state index < -0.39 is 0 Å². The molecule has 0 saturated heterocycles. The lowest BCUT2D eigenvalue weighted by Crippen LogP contribution is -2.20. The Kier molecular flexibility index (Phi) is 2.76. The predicted octanol–water partition coefficient (Wildman–Crippen LogP) is 2.51. The summed E-state index contributed by atoms with van der Waals surface area (Å²) in [5.41, 5.74) is 1.49. The van der Waals surface area contributed by atoms with Crippen molar-refractivity contribution in [1.82, 2.24) is 0 Å². The van der Waals surface area contributed by atoms with Gasteiger partial charge in [-0.25, -0.2) is 0 Å². The molecule has 92 valence electrons. The molecule has 1 aliphatic heterocycles. The molecule has 0 amide bonds. The molecule has 0 aliphatic carbocycles. The van der Waals surface area contributed by atoms with Crippen LogP contribution in [0.25, 0.3) is 0 Å². The van der Waals surface area contributed by atoms with Crippen LogP contribution in [0.2, 0.25) is 0 Å². The summed E-state index contributed by atoms with van der Waals surface area (Å²) in [5.74, 6) is 1.33. The number of nitrogens with one attached hydrogen (secondary N) is 1. The SMILES string of the molecule is O=C(Cc1ccco1)c1cccc2c1OCCN2. The number of carbonyl (C=O) groups excluding carboxylic acids is 1. The molecule has 0 saturated carbocycles. The second kappa shape index (κ2) is 4.56. The number of rotatable bonds is 3. The van der Waals surface area contributed by atoms with Crippen molar-refractivity contribution in [3.05, 3.63) is 47.9 Å². The molecule has 1 aromatic heterocycles. The van der Waals surface area contributed by atoms with Crippen molar-refractivity contribution in [3.63, 3.8) is 0 Å². The monoisotopic (exact) mass is 243 g/mol. The zero-order chi connectivity index (χ0) is 12.4. The molecular formula is C14H13NO3. The highest BCUT2D eigenvalue weighted by Gasteiger charge is 2.19. The van der Waals surface area contributed by atoms with Crippen LogP contribution in [0.3, 0.4) is 0 Å². The highest BCUT2D eigenvalue weighted by Crippen LogP contribution is 2.31. The fourth-order valence-corrected chi connectivity index (χ4v) is 2.06. The molecule has 2 heterocycles. The first kappa shape index (κ1) is 10.9.